The molecule has 0 spiro atoms. The van der Waals surface area contributed by atoms with E-state index in [1.807, 2.05) is 0 Å². The van der Waals surface area contributed by atoms with Crippen LogP contribution in [0.5, 0.6) is 0 Å². The first-order valence-corrected chi connectivity index (χ1v) is 7.61. The van der Waals surface area contributed by atoms with Crippen molar-refractivity contribution in [3.8, 4) is 0 Å². The molecular formula is C13H14ClIN2O4. The zero-order chi connectivity index (χ0) is 15.6. The van der Waals surface area contributed by atoms with Crippen LogP contribution in [0.2, 0.25) is 5.02 Å². The first kappa shape index (κ1) is 16.3. The quantitative estimate of drug-likeness (QED) is 0.729. The number of carbonyl (C=O) groups is 2. The number of benzene rings is 1. The molecule has 1 heterocycles. The van der Waals surface area contributed by atoms with Crippen molar-refractivity contribution in [1.82, 2.24) is 4.90 Å². The number of rotatable bonds is 4. The van der Waals surface area contributed by atoms with Crippen LogP contribution in [0.3, 0.4) is 0 Å². The van der Waals surface area contributed by atoms with E-state index in [4.69, 9.17) is 21.4 Å². The molecule has 21 heavy (non-hydrogen) atoms. The van der Waals surface area contributed by atoms with Crippen LogP contribution in [-0.2, 0) is 9.53 Å². The Kier molecular flexibility index (Phi) is 4.95. The third kappa shape index (κ3) is 4.21. The van der Waals surface area contributed by atoms with Gasteiger partial charge in [0.2, 0.25) is 0 Å². The van der Waals surface area contributed by atoms with E-state index in [0.29, 0.717) is 23.8 Å². The summed E-state index contributed by atoms with van der Waals surface area (Å²) in [6.07, 6.45) is 0. The zero-order valence-corrected chi connectivity index (χ0v) is 14.1. The number of carboxylic acid groups (broad SMARTS) is 1. The fourth-order valence-corrected chi connectivity index (χ4v) is 3.02. The molecule has 8 heteroatoms. The van der Waals surface area contributed by atoms with Gasteiger partial charge in [0.1, 0.15) is 12.2 Å². The number of carbonyl (C=O) groups excluding carboxylic acids is 1. The van der Waals surface area contributed by atoms with Gasteiger partial charge in [0.05, 0.1) is 18.8 Å². The van der Waals surface area contributed by atoms with Crippen LogP contribution < -0.4 is 5.32 Å². The molecule has 1 fully saturated rings. The van der Waals surface area contributed by atoms with Gasteiger partial charge >= 0.3 is 12.0 Å². The number of likely N-dealkylation sites (tertiary alicyclic amines) is 1. The Morgan fingerprint density at radius 2 is 2.19 bits per heavy atom. The molecule has 1 aromatic carbocycles. The fourth-order valence-electron chi connectivity index (χ4n) is 2.02. The molecule has 2 rings (SSSR count). The lowest BCUT2D eigenvalue weighted by molar-refractivity contribution is -0.159. The molecule has 0 bridgehead atoms. The topological polar surface area (TPSA) is 78.9 Å². The highest BCUT2D eigenvalue weighted by atomic mass is 127. The van der Waals surface area contributed by atoms with Gasteiger partial charge in [-0.25, -0.2) is 9.59 Å². The Labute approximate surface area is 140 Å². The van der Waals surface area contributed by atoms with Crippen molar-refractivity contribution in [3.63, 3.8) is 0 Å². The molecule has 0 radical (unpaired) electrons. The van der Waals surface area contributed by atoms with Gasteiger partial charge in [-0.1, -0.05) is 11.6 Å². The van der Waals surface area contributed by atoms with E-state index in [2.05, 4.69) is 27.9 Å². The second kappa shape index (κ2) is 6.37. The molecule has 0 unspecified atom stereocenters. The maximum Gasteiger partial charge on any atom is 0.329 e. The lowest BCUT2D eigenvalue weighted by atomic mass is 9.97. The van der Waals surface area contributed by atoms with Gasteiger partial charge in [0, 0.05) is 8.59 Å². The van der Waals surface area contributed by atoms with Crippen molar-refractivity contribution >= 4 is 51.9 Å². The summed E-state index contributed by atoms with van der Waals surface area (Å²) in [5.41, 5.74) is 0.0909. The number of nitrogens with zero attached hydrogens (tertiary/aromatic N) is 1. The number of hydrogen-bond acceptors (Lipinski definition) is 3. The van der Waals surface area contributed by atoms with Crippen LogP contribution >= 0.6 is 34.2 Å². The molecule has 0 saturated carbocycles. The van der Waals surface area contributed by atoms with Gasteiger partial charge < -0.3 is 20.1 Å². The highest BCUT2D eigenvalue weighted by Gasteiger charge is 2.42. The van der Waals surface area contributed by atoms with E-state index in [0.717, 1.165) is 3.57 Å². The van der Waals surface area contributed by atoms with E-state index in [9.17, 15) is 9.59 Å². The molecule has 1 aromatic rings. The average molecular weight is 425 g/mol. The van der Waals surface area contributed by atoms with Crippen LogP contribution in [0.25, 0.3) is 0 Å². The highest BCUT2D eigenvalue weighted by molar-refractivity contribution is 14.1. The summed E-state index contributed by atoms with van der Waals surface area (Å²) in [7, 11) is 0. The minimum Gasteiger partial charge on any atom is -0.480 e. The van der Waals surface area contributed by atoms with Crippen LogP contribution in [0.4, 0.5) is 10.5 Å². The van der Waals surface area contributed by atoms with Crippen molar-refractivity contribution < 1.29 is 19.4 Å². The monoisotopic (exact) mass is 424 g/mol. The molecule has 1 aliphatic heterocycles. The van der Waals surface area contributed by atoms with Gasteiger partial charge in [-0.05, 0) is 47.7 Å². The molecule has 0 aliphatic carbocycles. The summed E-state index contributed by atoms with van der Waals surface area (Å²) >= 11 is 7.95. The number of ether oxygens (including phenoxy) is 1. The second-order valence-corrected chi connectivity index (χ2v) is 6.64. The summed E-state index contributed by atoms with van der Waals surface area (Å²) in [6.45, 7) is 2.14. The molecular weight excluding hydrogens is 411 g/mol. The third-order valence-electron chi connectivity index (χ3n) is 3.05. The minimum absolute atomic E-state index is 0.244. The van der Waals surface area contributed by atoms with Gasteiger partial charge in [0.15, 0.2) is 0 Å². The Balaban J connectivity index is 1.87. The SMILES string of the molecule is CC1(OCC(=O)O)CN(C(=O)Nc2ccc(Cl)cc2I)C1. The van der Waals surface area contributed by atoms with Gasteiger partial charge in [-0.3, -0.25) is 0 Å². The average Bonchev–Trinajstić information content (AvgIpc) is 2.36. The summed E-state index contributed by atoms with van der Waals surface area (Å²) in [5, 5.41) is 12.0. The molecule has 1 aliphatic rings. The van der Waals surface area contributed by atoms with Crippen LogP contribution in [-0.4, -0.2) is 47.3 Å². The number of urea groups is 1. The van der Waals surface area contributed by atoms with Crippen LogP contribution in [0.1, 0.15) is 6.92 Å². The number of aliphatic carboxylic acids is 1. The van der Waals surface area contributed by atoms with Gasteiger partial charge in [-0.2, -0.15) is 0 Å². The maximum absolute atomic E-state index is 12.1. The normalized spacial score (nSPS) is 16.2. The Hall–Kier alpha value is -1.06. The number of halogens is 2. The summed E-state index contributed by atoms with van der Waals surface area (Å²) in [5.74, 6) is -1.02. The molecule has 1 saturated heterocycles. The smallest absolute Gasteiger partial charge is 0.329 e. The Bertz CT molecular complexity index is 575. The van der Waals surface area contributed by atoms with E-state index in [1.54, 1.807) is 30.0 Å². The van der Waals surface area contributed by atoms with Crippen molar-refractivity contribution in [2.45, 2.75) is 12.5 Å². The van der Waals surface area contributed by atoms with Crippen molar-refractivity contribution in [1.29, 1.82) is 0 Å². The lowest BCUT2D eigenvalue weighted by Crippen LogP contribution is -2.64. The number of carboxylic acids is 1. The van der Waals surface area contributed by atoms with E-state index < -0.39 is 11.6 Å². The largest absolute Gasteiger partial charge is 0.480 e. The lowest BCUT2D eigenvalue weighted by Gasteiger charge is -2.46. The molecule has 0 aromatic heterocycles. The van der Waals surface area contributed by atoms with Crippen molar-refractivity contribution in [2.24, 2.45) is 0 Å². The third-order valence-corrected chi connectivity index (χ3v) is 4.18. The Morgan fingerprint density at radius 1 is 1.52 bits per heavy atom. The number of amides is 2. The predicted molar refractivity (Wildman–Crippen MR) is 86.8 cm³/mol. The summed E-state index contributed by atoms with van der Waals surface area (Å²) < 4.78 is 6.10. The second-order valence-electron chi connectivity index (χ2n) is 5.04. The molecule has 114 valence electrons. The molecule has 6 nitrogen and oxygen atoms in total. The molecule has 2 N–H and O–H groups in total. The predicted octanol–water partition coefficient (Wildman–Crippen LogP) is 2.65. The Morgan fingerprint density at radius 3 is 2.76 bits per heavy atom. The first-order valence-electron chi connectivity index (χ1n) is 6.16. The van der Waals surface area contributed by atoms with E-state index in [1.165, 1.54) is 0 Å². The van der Waals surface area contributed by atoms with Crippen LogP contribution in [0, 0.1) is 3.57 Å². The first-order chi connectivity index (χ1) is 9.79. The number of hydrogen-bond donors (Lipinski definition) is 2. The van der Waals surface area contributed by atoms with Crippen molar-refractivity contribution in [3.05, 3.63) is 26.8 Å². The standard InChI is InChI=1S/C13H14ClIN2O4/c1-13(21-5-11(18)19)6-17(7-13)12(20)16-10-3-2-8(14)4-9(10)15/h2-4H,5-7H2,1H3,(H,16,20)(H,18,19). The van der Waals surface area contributed by atoms with Crippen LogP contribution in [0.15, 0.2) is 18.2 Å². The summed E-state index contributed by atoms with van der Waals surface area (Å²) in [6, 6.07) is 4.96. The maximum atomic E-state index is 12.1. The van der Waals surface area contributed by atoms with Gasteiger partial charge in [-0.15, -0.1) is 0 Å². The highest BCUT2D eigenvalue weighted by Crippen LogP contribution is 2.27. The van der Waals surface area contributed by atoms with Crippen molar-refractivity contribution in [2.75, 3.05) is 25.0 Å². The molecule has 0 atom stereocenters. The fraction of sp³-hybridized carbons (Fsp3) is 0.385. The number of nitrogens with one attached hydrogen (secondary N) is 1. The number of anilines is 1. The van der Waals surface area contributed by atoms with Gasteiger partial charge in [0.25, 0.3) is 0 Å². The summed E-state index contributed by atoms with van der Waals surface area (Å²) in [4.78, 5) is 24.1. The minimum atomic E-state index is -1.02. The zero-order valence-electron chi connectivity index (χ0n) is 11.2. The van der Waals surface area contributed by atoms with E-state index in [-0.39, 0.29) is 12.6 Å². The van der Waals surface area contributed by atoms with E-state index >= 15 is 0 Å². The molecule has 2 amide bonds.